The SMILES string of the molecule is CCCCCC(=O)OC(Cc1ccc2c(OC)cccc2c1)OC(=O)CCCCC. The van der Waals surface area contributed by atoms with Crippen molar-refractivity contribution in [1.29, 1.82) is 0 Å². The average Bonchev–Trinajstić information content (AvgIpc) is 2.73. The van der Waals surface area contributed by atoms with Crippen molar-refractivity contribution in [2.75, 3.05) is 7.11 Å². The molecule has 5 nitrogen and oxygen atoms in total. The number of hydrogen-bond donors (Lipinski definition) is 0. The molecule has 0 atom stereocenters. The lowest BCUT2D eigenvalue weighted by atomic mass is 10.0. The van der Waals surface area contributed by atoms with Crippen molar-refractivity contribution < 1.29 is 23.8 Å². The summed E-state index contributed by atoms with van der Waals surface area (Å²) in [6.45, 7) is 4.17. The van der Waals surface area contributed by atoms with E-state index in [1.54, 1.807) is 7.11 Å². The maximum absolute atomic E-state index is 12.2. The molecular weight excluding hydrogens is 380 g/mol. The van der Waals surface area contributed by atoms with Crippen molar-refractivity contribution >= 4 is 22.7 Å². The highest BCUT2D eigenvalue weighted by atomic mass is 16.7. The second-order valence-electron chi connectivity index (χ2n) is 7.54. The van der Waals surface area contributed by atoms with Gasteiger partial charge >= 0.3 is 11.9 Å². The van der Waals surface area contributed by atoms with Gasteiger partial charge in [0, 0.05) is 24.6 Å². The Morgan fingerprint density at radius 3 is 2.07 bits per heavy atom. The normalized spacial score (nSPS) is 10.9. The third kappa shape index (κ3) is 7.69. The largest absolute Gasteiger partial charge is 0.496 e. The van der Waals surface area contributed by atoms with Gasteiger partial charge in [-0.3, -0.25) is 9.59 Å². The lowest BCUT2D eigenvalue weighted by molar-refractivity contribution is -0.187. The van der Waals surface area contributed by atoms with Crippen LogP contribution in [0.1, 0.15) is 70.8 Å². The number of fused-ring (bicyclic) bond motifs is 1. The molecule has 164 valence electrons. The van der Waals surface area contributed by atoms with E-state index in [9.17, 15) is 9.59 Å². The summed E-state index contributed by atoms with van der Waals surface area (Å²) < 4.78 is 16.5. The van der Waals surface area contributed by atoms with Gasteiger partial charge in [-0.25, -0.2) is 0 Å². The quantitative estimate of drug-likeness (QED) is 0.230. The zero-order chi connectivity index (χ0) is 21.8. The summed E-state index contributed by atoms with van der Waals surface area (Å²) in [4.78, 5) is 24.5. The Kier molecular flexibility index (Phi) is 10.2. The van der Waals surface area contributed by atoms with Crippen molar-refractivity contribution in [3.8, 4) is 5.75 Å². The Hall–Kier alpha value is -2.56. The predicted molar refractivity (Wildman–Crippen MR) is 118 cm³/mol. The smallest absolute Gasteiger partial charge is 0.308 e. The second-order valence-corrected chi connectivity index (χ2v) is 7.54. The number of unbranched alkanes of at least 4 members (excludes halogenated alkanes) is 4. The molecule has 2 aromatic rings. The van der Waals surface area contributed by atoms with E-state index in [2.05, 4.69) is 13.8 Å². The molecule has 0 amide bonds. The molecule has 0 aliphatic rings. The van der Waals surface area contributed by atoms with Crippen LogP contribution in [0.2, 0.25) is 0 Å². The molecule has 0 aliphatic heterocycles. The number of rotatable bonds is 13. The van der Waals surface area contributed by atoms with Gasteiger partial charge in [-0.15, -0.1) is 0 Å². The monoisotopic (exact) mass is 414 g/mol. The van der Waals surface area contributed by atoms with Gasteiger partial charge in [0.25, 0.3) is 6.29 Å². The molecule has 30 heavy (non-hydrogen) atoms. The number of carbonyl (C=O) groups excluding carboxylic acids is 2. The van der Waals surface area contributed by atoms with Gasteiger partial charge in [0.1, 0.15) is 5.75 Å². The molecule has 0 bridgehead atoms. The highest BCUT2D eigenvalue weighted by molar-refractivity contribution is 5.88. The number of ether oxygens (including phenoxy) is 3. The van der Waals surface area contributed by atoms with Crippen molar-refractivity contribution in [2.45, 2.75) is 77.9 Å². The summed E-state index contributed by atoms with van der Waals surface area (Å²) in [5.41, 5.74) is 0.934. The van der Waals surface area contributed by atoms with Gasteiger partial charge in [0.2, 0.25) is 0 Å². The van der Waals surface area contributed by atoms with E-state index < -0.39 is 6.29 Å². The zero-order valence-electron chi connectivity index (χ0n) is 18.4. The van der Waals surface area contributed by atoms with Gasteiger partial charge in [0.05, 0.1) is 7.11 Å². The molecule has 0 saturated heterocycles. The van der Waals surface area contributed by atoms with Crippen molar-refractivity contribution in [2.24, 2.45) is 0 Å². The van der Waals surface area contributed by atoms with E-state index >= 15 is 0 Å². The standard InChI is InChI=1S/C25H34O5/c1-4-6-8-13-23(26)29-25(30-24(27)14-9-7-5-2)18-19-15-16-21-20(17-19)11-10-12-22(21)28-3/h10-12,15-17,25H,4-9,13-14,18H2,1-3H3. The first-order valence-electron chi connectivity index (χ1n) is 11.0. The summed E-state index contributed by atoms with van der Waals surface area (Å²) in [6.07, 6.45) is 5.67. The van der Waals surface area contributed by atoms with Crippen LogP contribution in [0.3, 0.4) is 0 Å². The molecule has 2 aromatic carbocycles. The fraction of sp³-hybridized carbons (Fsp3) is 0.520. The Labute approximate surface area is 179 Å². The number of hydrogen-bond acceptors (Lipinski definition) is 5. The van der Waals surface area contributed by atoms with Crippen LogP contribution < -0.4 is 4.74 Å². The van der Waals surface area contributed by atoms with Crippen LogP contribution in [-0.2, 0) is 25.5 Å². The summed E-state index contributed by atoms with van der Waals surface area (Å²) in [7, 11) is 1.65. The first-order valence-corrected chi connectivity index (χ1v) is 11.0. The molecule has 0 heterocycles. The first kappa shape index (κ1) is 23.7. The van der Waals surface area contributed by atoms with Gasteiger partial charge in [-0.2, -0.15) is 0 Å². The summed E-state index contributed by atoms with van der Waals surface area (Å²) in [5, 5.41) is 2.03. The van der Waals surface area contributed by atoms with Crippen LogP contribution in [0.4, 0.5) is 0 Å². The minimum atomic E-state index is -0.906. The molecule has 5 heteroatoms. The Balaban J connectivity index is 2.09. The summed E-state index contributed by atoms with van der Waals surface area (Å²) in [6, 6.07) is 11.8. The fourth-order valence-corrected chi connectivity index (χ4v) is 3.36. The fourth-order valence-electron chi connectivity index (χ4n) is 3.36. The van der Waals surface area contributed by atoms with E-state index in [0.29, 0.717) is 19.3 Å². The van der Waals surface area contributed by atoms with Gasteiger partial charge < -0.3 is 14.2 Å². The number of methoxy groups -OCH3 is 1. The number of carbonyl (C=O) groups is 2. The minimum Gasteiger partial charge on any atom is -0.496 e. The second kappa shape index (κ2) is 12.9. The average molecular weight is 415 g/mol. The first-order chi connectivity index (χ1) is 14.6. The number of esters is 2. The highest BCUT2D eigenvalue weighted by Crippen LogP contribution is 2.26. The van der Waals surface area contributed by atoms with E-state index in [1.165, 1.54) is 0 Å². The van der Waals surface area contributed by atoms with Crippen LogP contribution in [-0.4, -0.2) is 25.3 Å². The molecule has 0 aliphatic carbocycles. The lowest BCUT2D eigenvalue weighted by Crippen LogP contribution is -2.26. The van der Waals surface area contributed by atoms with Crippen LogP contribution >= 0.6 is 0 Å². The van der Waals surface area contributed by atoms with Gasteiger partial charge in [0.15, 0.2) is 0 Å². The molecular formula is C25H34O5. The molecule has 0 fully saturated rings. The highest BCUT2D eigenvalue weighted by Gasteiger charge is 2.20. The van der Waals surface area contributed by atoms with E-state index in [0.717, 1.165) is 60.6 Å². The predicted octanol–water partition coefficient (Wildman–Crippen LogP) is 5.96. The van der Waals surface area contributed by atoms with Crippen LogP contribution in [0.25, 0.3) is 10.8 Å². The molecule has 0 spiro atoms. The van der Waals surface area contributed by atoms with Crippen LogP contribution in [0.5, 0.6) is 5.75 Å². The number of benzene rings is 2. The van der Waals surface area contributed by atoms with E-state index in [1.807, 2.05) is 36.4 Å². The van der Waals surface area contributed by atoms with Crippen molar-refractivity contribution in [3.63, 3.8) is 0 Å². The van der Waals surface area contributed by atoms with Crippen LogP contribution in [0.15, 0.2) is 36.4 Å². The topological polar surface area (TPSA) is 61.8 Å². The Morgan fingerprint density at radius 2 is 1.50 bits per heavy atom. The maximum Gasteiger partial charge on any atom is 0.308 e. The van der Waals surface area contributed by atoms with Crippen molar-refractivity contribution in [3.05, 3.63) is 42.0 Å². The summed E-state index contributed by atoms with van der Waals surface area (Å²) in [5.74, 6) is 0.162. The Bertz CT molecular complexity index is 790. The molecule has 0 unspecified atom stereocenters. The van der Waals surface area contributed by atoms with Crippen molar-refractivity contribution in [1.82, 2.24) is 0 Å². The Morgan fingerprint density at radius 1 is 0.867 bits per heavy atom. The van der Waals surface area contributed by atoms with E-state index in [-0.39, 0.29) is 11.9 Å². The van der Waals surface area contributed by atoms with Crippen LogP contribution in [0, 0.1) is 0 Å². The summed E-state index contributed by atoms with van der Waals surface area (Å²) >= 11 is 0. The maximum atomic E-state index is 12.2. The minimum absolute atomic E-state index is 0.322. The third-order valence-electron chi connectivity index (χ3n) is 5.02. The molecule has 0 aromatic heterocycles. The molecule has 0 saturated carbocycles. The van der Waals surface area contributed by atoms with Gasteiger partial charge in [-0.05, 0) is 29.9 Å². The van der Waals surface area contributed by atoms with Gasteiger partial charge in [-0.1, -0.05) is 69.9 Å². The third-order valence-corrected chi connectivity index (χ3v) is 5.02. The molecule has 0 N–H and O–H groups in total. The zero-order valence-corrected chi connectivity index (χ0v) is 18.4. The molecule has 0 radical (unpaired) electrons. The molecule has 2 rings (SSSR count). The lowest BCUT2D eigenvalue weighted by Gasteiger charge is -2.19. The van der Waals surface area contributed by atoms with E-state index in [4.69, 9.17) is 14.2 Å².